The number of hydrogen-bond donors (Lipinski definition) is 1. The fraction of sp³-hybridized carbons (Fsp3) is 0.800. The molecule has 20 heavy (non-hydrogen) atoms. The van der Waals surface area contributed by atoms with Crippen LogP contribution in [-0.4, -0.2) is 33.2 Å². The minimum Gasteiger partial charge on any atom is -0.390 e. The number of aliphatic hydroxyl groups excluding tert-OH is 1. The van der Waals surface area contributed by atoms with Crippen LogP contribution in [0.3, 0.4) is 0 Å². The van der Waals surface area contributed by atoms with Crippen molar-refractivity contribution in [2.45, 2.75) is 71.1 Å². The van der Waals surface area contributed by atoms with E-state index >= 15 is 0 Å². The molecule has 1 atom stereocenters. The molecule has 1 aromatic rings. The first-order valence-electron chi connectivity index (χ1n) is 7.58. The summed E-state index contributed by atoms with van der Waals surface area (Å²) in [4.78, 5) is 0. The lowest BCUT2D eigenvalue weighted by atomic mass is 9.91. The van der Waals surface area contributed by atoms with Gasteiger partial charge in [-0.1, -0.05) is 12.8 Å². The van der Waals surface area contributed by atoms with Crippen molar-refractivity contribution in [2.75, 3.05) is 6.61 Å². The number of aryl methyl sites for hydroxylation is 2. The van der Waals surface area contributed by atoms with Crippen molar-refractivity contribution < 1.29 is 9.84 Å². The van der Waals surface area contributed by atoms with Crippen LogP contribution in [0.25, 0.3) is 0 Å². The Hall–Kier alpha value is -0.390. The quantitative estimate of drug-likeness (QED) is 0.861. The third kappa shape index (κ3) is 2.95. The van der Waals surface area contributed by atoms with Crippen LogP contribution in [0, 0.1) is 6.92 Å². The van der Waals surface area contributed by atoms with Gasteiger partial charge in [-0.15, -0.1) is 0 Å². The number of hydrogen-bond acceptors (Lipinski definition) is 3. The van der Waals surface area contributed by atoms with Gasteiger partial charge in [0, 0.05) is 19.6 Å². The maximum Gasteiger partial charge on any atom is 0.0943 e. The Morgan fingerprint density at radius 2 is 2.05 bits per heavy atom. The van der Waals surface area contributed by atoms with Crippen LogP contribution in [0.5, 0.6) is 0 Å². The SMILES string of the molecule is CCOC1(C(O)Cc2c(Br)c(C)nn2CC)CCCC1. The van der Waals surface area contributed by atoms with Crippen molar-refractivity contribution in [3.63, 3.8) is 0 Å². The summed E-state index contributed by atoms with van der Waals surface area (Å²) < 4.78 is 8.94. The molecule has 0 radical (unpaired) electrons. The first-order chi connectivity index (χ1) is 9.54. The number of aromatic nitrogens is 2. The Bertz CT molecular complexity index is 453. The Morgan fingerprint density at radius 3 is 2.60 bits per heavy atom. The number of aliphatic hydroxyl groups is 1. The van der Waals surface area contributed by atoms with Crippen molar-refractivity contribution in [1.29, 1.82) is 0 Å². The van der Waals surface area contributed by atoms with E-state index in [4.69, 9.17) is 4.74 Å². The van der Waals surface area contributed by atoms with Crippen molar-refractivity contribution in [1.82, 2.24) is 9.78 Å². The molecule has 1 heterocycles. The van der Waals surface area contributed by atoms with Gasteiger partial charge in [-0.3, -0.25) is 4.68 Å². The predicted octanol–water partition coefficient (Wildman–Crippen LogP) is 3.23. The molecular formula is C15H25BrN2O2. The van der Waals surface area contributed by atoms with E-state index in [0.29, 0.717) is 13.0 Å². The summed E-state index contributed by atoms with van der Waals surface area (Å²) in [5.41, 5.74) is 1.69. The standard InChI is InChI=1S/C15H25BrN2O2/c1-4-18-12(14(16)11(3)17-18)10-13(19)15(20-5-2)8-6-7-9-15/h13,19H,4-10H2,1-3H3. The second-order valence-electron chi connectivity index (χ2n) is 5.59. The predicted molar refractivity (Wildman–Crippen MR) is 82.9 cm³/mol. The molecule has 1 unspecified atom stereocenters. The summed E-state index contributed by atoms with van der Waals surface area (Å²) in [5.74, 6) is 0. The Kier molecular flexibility index (Phi) is 5.26. The van der Waals surface area contributed by atoms with Gasteiger partial charge in [0.25, 0.3) is 0 Å². The third-order valence-electron chi connectivity index (χ3n) is 4.33. The number of halogens is 1. The summed E-state index contributed by atoms with van der Waals surface area (Å²) >= 11 is 3.60. The van der Waals surface area contributed by atoms with E-state index in [-0.39, 0.29) is 5.60 Å². The Labute approximate surface area is 129 Å². The van der Waals surface area contributed by atoms with Gasteiger partial charge < -0.3 is 9.84 Å². The van der Waals surface area contributed by atoms with Gasteiger partial charge in [0.05, 0.1) is 27.6 Å². The Morgan fingerprint density at radius 1 is 1.40 bits per heavy atom. The van der Waals surface area contributed by atoms with Gasteiger partial charge in [-0.25, -0.2) is 0 Å². The maximum absolute atomic E-state index is 10.8. The molecule has 1 fully saturated rings. The zero-order chi connectivity index (χ0) is 14.8. The van der Waals surface area contributed by atoms with E-state index in [9.17, 15) is 5.11 Å². The monoisotopic (exact) mass is 344 g/mol. The highest BCUT2D eigenvalue weighted by molar-refractivity contribution is 9.10. The Balaban J connectivity index is 2.20. The molecule has 0 aromatic carbocycles. The van der Waals surface area contributed by atoms with Gasteiger partial charge in [0.1, 0.15) is 0 Å². The summed E-state index contributed by atoms with van der Waals surface area (Å²) in [6.45, 7) is 7.53. The second-order valence-corrected chi connectivity index (χ2v) is 6.38. The van der Waals surface area contributed by atoms with Crippen LogP contribution in [0.2, 0.25) is 0 Å². The minimum absolute atomic E-state index is 0.356. The van der Waals surface area contributed by atoms with Crippen LogP contribution in [0.1, 0.15) is 50.9 Å². The first kappa shape index (κ1) is 16.0. The number of nitrogens with zero attached hydrogens (tertiary/aromatic N) is 2. The molecule has 0 bridgehead atoms. The summed E-state index contributed by atoms with van der Waals surface area (Å²) in [6, 6.07) is 0. The lowest BCUT2D eigenvalue weighted by Crippen LogP contribution is -2.44. The zero-order valence-electron chi connectivity index (χ0n) is 12.7. The smallest absolute Gasteiger partial charge is 0.0943 e. The summed E-state index contributed by atoms with van der Waals surface area (Å²) in [7, 11) is 0. The lowest BCUT2D eigenvalue weighted by molar-refractivity contribution is -0.116. The third-order valence-corrected chi connectivity index (χ3v) is 5.36. The normalized spacial score (nSPS) is 19.4. The molecule has 2 rings (SSSR count). The molecule has 5 heteroatoms. The molecule has 4 nitrogen and oxygen atoms in total. The van der Waals surface area contributed by atoms with Crippen molar-refractivity contribution in [3.8, 4) is 0 Å². The molecule has 1 aliphatic carbocycles. The van der Waals surface area contributed by atoms with E-state index in [1.54, 1.807) is 0 Å². The topological polar surface area (TPSA) is 47.3 Å². The zero-order valence-corrected chi connectivity index (χ0v) is 14.2. The van der Waals surface area contributed by atoms with Crippen LogP contribution in [-0.2, 0) is 17.7 Å². The average Bonchev–Trinajstić information content (AvgIpc) is 3.00. The minimum atomic E-state index is -0.470. The van der Waals surface area contributed by atoms with E-state index < -0.39 is 6.10 Å². The highest BCUT2D eigenvalue weighted by Crippen LogP contribution is 2.38. The second kappa shape index (κ2) is 6.58. The summed E-state index contributed by atoms with van der Waals surface area (Å²) in [5, 5.41) is 15.2. The molecule has 1 aromatic heterocycles. The lowest BCUT2D eigenvalue weighted by Gasteiger charge is -2.34. The van der Waals surface area contributed by atoms with Gasteiger partial charge >= 0.3 is 0 Å². The average molecular weight is 345 g/mol. The molecule has 1 saturated carbocycles. The van der Waals surface area contributed by atoms with Gasteiger partial charge in [0.15, 0.2) is 0 Å². The van der Waals surface area contributed by atoms with Gasteiger partial charge in [-0.2, -0.15) is 5.10 Å². The maximum atomic E-state index is 10.8. The van der Waals surface area contributed by atoms with Gasteiger partial charge in [-0.05, 0) is 49.5 Å². The largest absolute Gasteiger partial charge is 0.390 e. The molecular weight excluding hydrogens is 320 g/mol. The van der Waals surface area contributed by atoms with Crippen LogP contribution in [0.15, 0.2) is 4.47 Å². The van der Waals surface area contributed by atoms with E-state index in [1.807, 2.05) is 18.5 Å². The fourth-order valence-electron chi connectivity index (χ4n) is 3.27. The van der Waals surface area contributed by atoms with Crippen molar-refractivity contribution in [3.05, 3.63) is 15.9 Å². The molecule has 0 saturated heterocycles. The molecule has 1 aliphatic rings. The molecule has 1 N–H and O–H groups in total. The number of ether oxygens (including phenoxy) is 1. The van der Waals surface area contributed by atoms with Crippen LogP contribution < -0.4 is 0 Å². The number of rotatable bonds is 6. The summed E-state index contributed by atoms with van der Waals surface area (Å²) in [6.07, 6.45) is 4.32. The fourth-order valence-corrected chi connectivity index (χ4v) is 3.71. The van der Waals surface area contributed by atoms with Crippen molar-refractivity contribution >= 4 is 15.9 Å². The van der Waals surface area contributed by atoms with Gasteiger partial charge in [0.2, 0.25) is 0 Å². The highest BCUT2D eigenvalue weighted by atomic mass is 79.9. The highest BCUT2D eigenvalue weighted by Gasteiger charge is 2.42. The van der Waals surface area contributed by atoms with Crippen LogP contribution in [0.4, 0.5) is 0 Å². The molecule has 0 aliphatic heterocycles. The van der Waals surface area contributed by atoms with E-state index in [1.165, 1.54) is 0 Å². The van der Waals surface area contributed by atoms with E-state index in [0.717, 1.165) is 48.1 Å². The van der Waals surface area contributed by atoms with E-state index in [2.05, 4.69) is 28.0 Å². The molecule has 0 spiro atoms. The molecule has 114 valence electrons. The van der Waals surface area contributed by atoms with Crippen molar-refractivity contribution in [2.24, 2.45) is 0 Å². The first-order valence-corrected chi connectivity index (χ1v) is 8.37. The van der Waals surface area contributed by atoms with Crippen LogP contribution >= 0.6 is 15.9 Å². The molecule has 0 amide bonds.